The number of ether oxygens (including phenoxy) is 1. The van der Waals surface area contributed by atoms with E-state index in [4.69, 9.17) is 4.74 Å². The first kappa shape index (κ1) is 14.6. The summed E-state index contributed by atoms with van der Waals surface area (Å²) in [5.74, 6) is 0.0877. The zero-order valence-electron chi connectivity index (χ0n) is 11.3. The van der Waals surface area contributed by atoms with Crippen LogP contribution in [0.2, 0.25) is 0 Å². The smallest absolute Gasteiger partial charge is 0.251 e. The minimum atomic E-state index is -0.343. The summed E-state index contributed by atoms with van der Waals surface area (Å²) in [5.41, 5.74) is 1.23. The van der Waals surface area contributed by atoms with E-state index in [1.54, 1.807) is 14.0 Å². The van der Waals surface area contributed by atoms with Crippen molar-refractivity contribution in [2.24, 2.45) is 0 Å². The van der Waals surface area contributed by atoms with Crippen molar-refractivity contribution in [2.45, 2.75) is 13.0 Å². The summed E-state index contributed by atoms with van der Waals surface area (Å²) >= 11 is 2.31. The largest absolute Gasteiger partial charge is 0.372 e. The zero-order valence-corrected chi connectivity index (χ0v) is 13.5. The molecule has 0 radical (unpaired) electrons. The lowest BCUT2D eigenvalue weighted by Gasteiger charge is -2.37. The van der Waals surface area contributed by atoms with E-state index in [1.165, 1.54) is 9.26 Å². The van der Waals surface area contributed by atoms with Gasteiger partial charge in [0, 0.05) is 42.5 Å². The molecular weight excluding hydrogens is 355 g/mol. The molecule has 0 spiro atoms. The van der Waals surface area contributed by atoms with E-state index in [-0.39, 0.29) is 12.0 Å². The molecule has 0 bridgehead atoms. The fourth-order valence-electron chi connectivity index (χ4n) is 2.19. The maximum Gasteiger partial charge on any atom is 0.251 e. The van der Waals surface area contributed by atoms with E-state index in [0.29, 0.717) is 0 Å². The summed E-state index contributed by atoms with van der Waals surface area (Å²) in [7, 11) is 1.57. The molecule has 0 saturated carbocycles. The van der Waals surface area contributed by atoms with Gasteiger partial charge in [-0.3, -0.25) is 4.79 Å². The Kier molecular flexibility index (Phi) is 5.04. The summed E-state index contributed by atoms with van der Waals surface area (Å²) < 4.78 is 6.32. The van der Waals surface area contributed by atoms with Crippen LogP contribution >= 0.6 is 22.6 Å². The molecule has 1 fully saturated rings. The molecule has 5 heteroatoms. The van der Waals surface area contributed by atoms with Gasteiger partial charge >= 0.3 is 0 Å². The molecule has 1 aliphatic rings. The second-order valence-corrected chi connectivity index (χ2v) is 5.91. The third-order valence-electron chi connectivity index (χ3n) is 3.48. The molecule has 0 aromatic heterocycles. The Hall–Kier alpha value is -0.820. The van der Waals surface area contributed by atoms with Crippen molar-refractivity contribution in [1.82, 2.24) is 4.90 Å². The van der Waals surface area contributed by atoms with Crippen LogP contribution in [0.5, 0.6) is 0 Å². The molecule has 1 saturated heterocycles. The highest BCUT2D eigenvalue weighted by atomic mass is 127. The molecule has 4 nitrogen and oxygen atoms in total. The van der Waals surface area contributed by atoms with Gasteiger partial charge in [-0.2, -0.15) is 0 Å². The lowest BCUT2D eigenvalue weighted by Crippen LogP contribution is -2.51. The van der Waals surface area contributed by atoms with Crippen LogP contribution in [0.25, 0.3) is 0 Å². The van der Waals surface area contributed by atoms with Crippen molar-refractivity contribution >= 4 is 34.2 Å². The Balaban J connectivity index is 1.92. The number of rotatable bonds is 3. The molecule has 0 aliphatic carbocycles. The summed E-state index contributed by atoms with van der Waals surface area (Å²) in [4.78, 5) is 16.2. The van der Waals surface area contributed by atoms with Crippen molar-refractivity contribution in [3.8, 4) is 0 Å². The van der Waals surface area contributed by atoms with Gasteiger partial charge in [-0.1, -0.05) is 0 Å². The molecule has 1 atom stereocenters. The monoisotopic (exact) mass is 374 g/mol. The zero-order chi connectivity index (χ0) is 13.8. The van der Waals surface area contributed by atoms with Gasteiger partial charge in [-0.25, -0.2) is 0 Å². The van der Waals surface area contributed by atoms with Gasteiger partial charge in [0.25, 0.3) is 5.91 Å². The number of hydrogen-bond donors (Lipinski definition) is 0. The first-order valence-corrected chi connectivity index (χ1v) is 7.52. The van der Waals surface area contributed by atoms with Crippen LogP contribution < -0.4 is 4.90 Å². The standard InChI is InChI=1S/C14H19IN2O2/c1-11(19-2)14(18)17-9-7-16(8-10-17)13-5-3-12(15)4-6-13/h3-6,11H,7-10H2,1-2H3/t11-/m0/s1. The molecule has 1 heterocycles. The summed E-state index contributed by atoms with van der Waals surface area (Å²) in [6.45, 7) is 5.08. The number of piperazine rings is 1. The SMILES string of the molecule is CO[C@@H](C)C(=O)N1CCN(c2ccc(I)cc2)CC1. The van der Waals surface area contributed by atoms with Crippen LogP contribution in [-0.2, 0) is 9.53 Å². The van der Waals surface area contributed by atoms with Crippen LogP contribution in [0.3, 0.4) is 0 Å². The number of nitrogens with zero attached hydrogens (tertiary/aromatic N) is 2. The first-order valence-electron chi connectivity index (χ1n) is 6.44. The molecule has 0 N–H and O–H groups in total. The summed E-state index contributed by atoms with van der Waals surface area (Å²) in [5, 5.41) is 0. The average molecular weight is 374 g/mol. The van der Waals surface area contributed by atoms with Gasteiger partial charge < -0.3 is 14.5 Å². The molecule has 19 heavy (non-hydrogen) atoms. The molecule has 1 aromatic carbocycles. The number of carbonyl (C=O) groups is 1. The van der Waals surface area contributed by atoms with Gasteiger partial charge in [-0.15, -0.1) is 0 Å². The third-order valence-corrected chi connectivity index (χ3v) is 4.20. The van der Waals surface area contributed by atoms with Gasteiger partial charge in [0.15, 0.2) is 0 Å². The van der Waals surface area contributed by atoms with E-state index in [9.17, 15) is 4.79 Å². The van der Waals surface area contributed by atoms with Gasteiger partial charge in [0.05, 0.1) is 0 Å². The van der Waals surface area contributed by atoms with Crippen molar-refractivity contribution in [3.63, 3.8) is 0 Å². The van der Waals surface area contributed by atoms with Crippen molar-refractivity contribution in [3.05, 3.63) is 27.8 Å². The second-order valence-electron chi connectivity index (χ2n) is 4.67. The molecule has 104 valence electrons. The number of hydrogen-bond acceptors (Lipinski definition) is 3. The average Bonchev–Trinajstić information content (AvgIpc) is 2.46. The minimum absolute atomic E-state index is 0.0877. The predicted molar refractivity (Wildman–Crippen MR) is 84.4 cm³/mol. The maximum absolute atomic E-state index is 12.0. The fourth-order valence-corrected chi connectivity index (χ4v) is 2.55. The molecule has 2 rings (SSSR count). The minimum Gasteiger partial charge on any atom is -0.372 e. The summed E-state index contributed by atoms with van der Waals surface area (Å²) in [6, 6.07) is 8.49. The van der Waals surface area contributed by atoms with Gasteiger partial charge in [-0.05, 0) is 53.8 Å². The quantitative estimate of drug-likeness (QED) is 0.759. The topological polar surface area (TPSA) is 32.8 Å². The molecule has 1 amide bonds. The molecule has 0 unspecified atom stereocenters. The number of carbonyl (C=O) groups excluding carboxylic acids is 1. The lowest BCUT2D eigenvalue weighted by atomic mass is 10.2. The fraction of sp³-hybridized carbons (Fsp3) is 0.500. The second kappa shape index (κ2) is 6.56. The van der Waals surface area contributed by atoms with Gasteiger partial charge in [0.1, 0.15) is 6.10 Å². The maximum atomic E-state index is 12.0. The van der Waals surface area contributed by atoms with Crippen molar-refractivity contribution in [1.29, 1.82) is 0 Å². The van der Waals surface area contributed by atoms with Crippen LogP contribution in [0.1, 0.15) is 6.92 Å². The van der Waals surface area contributed by atoms with E-state index in [1.807, 2.05) is 4.90 Å². The Bertz CT molecular complexity index is 428. The number of amides is 1. The van der Waals surface area contributed by atoms with Crippen LogP contribution in [-0.4, -0.2) is 50.2 Å². The Morgan fingerprint density at radius 3 is 2.32 bits per heavy atom. The first-order chi connectivity index (χ1) is 9.11. The highest BCUT2D eigenvalue weighted by Gasteiger charge is 2.24. The molecule has 1 aromatic rings. The Morgan fingerprint density at radius 2 is 1.79 bits per heavy atom. The Labute approximate surface area is 127 Å². The highest BCUT2D eigenvalue weighted by molar-refractivity contribution is 14.1. The van der Waals surface area contributed by atoms with Crippen molar-refractivity contribution in [2.75, 3.05) is 38.2 Å². The lowest BCUT2D eigenvalue weighted by molar-refractivity contribution is -0.141. The van der Waals surface area contributed by atoms with E-state index in [0.717, 1.165) is 26.2 Å². The Morgan fingerprint density at radius 1 is 1.21 bits per heavy atom. The molecular formula is C14H19IN2O2. The van der Waals surface area contributed by atoms with E-state index in [2.05, 4.69) is 51.8 Å². The summed E-state index contributed by atoms with van der Waals surface area (Å²) in [6.07, 6.45) is -0.343. The number of benzene rings is 1. The van der Waals surface area contributed by atoms with Crippen LogP contribution in [0, 0.1) is 3.57 Å². The van der Waals surface area contributed by atoms with Crippen LogP contribution in [0.4, 0.5) is 5.69 Å². The van der Waals surface area contributed by atoms with E-state index < -0.39 is 0 Å². The highest BCUT2D eigenvalue weighted by Crippen LogP contribution is 2.18. The third kappa shape index (κ3) is 3.60. The predicted octanol–water partition coefficient (Wildman–Crippen LogP) is 1.97. The number of anilines is 1. The number of methoxy groups -OCH3 is 1. The molecule has 1 aliphatic heterocycles. The number of halogens is 1. The van der Waals surface area contributed by atoms with E-state index >= 15 is 0 Å². The normalized spacial score (nSPS) is 17.4. The van der Waals surface area contributed by atoms with Crippen molar-refractivity contribution < 1.29 is 9.53 Å². The van der Waals surface area contributed by atoms with Crippen LogP contribution in [0.15, 0.2) is 24.3 Å². The van der Waals surface area contributed by atoms with Gasteiger partial charge in [0.2, 0.25) is 0 Å².